The van der Waals surface area contributed by atoms with E-state index in [0.717, 1.165) is 0 Å². The number of Topliss-reactive ketones (excluding diaryl/α,β-unsaturated/α-hetero) is 1. The summed E-state index contributed by atoms with van der Waals surface area (Å²) in [7, 11) is 0. The maximum absolute atomic E-state index is 13.1. The highest BCUT2D eigenvalue weighted by atomic mass is 32.2. The Morgan fingerprint density at radius 2 is 1.92 bits per heavy atom. The normalized spacial score (nSPS) is 25.2. The number of hydrogen-bond donors (Lipinski definition) is 0. The standard InChI is InChI=1S/C8H10F2OS/c9-8(10,6-1-2-6)7(11)5-3-12-4-5/h5-6H,1-4H2. The lowest BCUT2D eigenvalue weighted by Gasteiger charge is -2.27. The average Bonchev–Trinajstić information content (AvgIpc) is 2.62. The minimum atomic E-state index is -3.01. The van der Waals surface area contributed by atoms with Gasteiger partial charge in [-0.1, -0.05) is 0 Å². The molecule has 0 aromatic heterocycles. The van der Waals surface area contributed by atoms with Crippen molar-refractivity contribution in [1.82, 2.24) is 0 Å². The van der Waals surface area contributed by atoms with Crippen LogP contribution >= 0.6 is 11.8 Å². The molecule has 1 aliphatic carbocycles. The molecule has 1 heterocycles. The van der Waals surface area contributed by atoms with Gasteiger partial charge in [0.15, 0.2) is 0 Å². The second-order valence-electron chi connectivity index (χ2n) is 3.50. The van der Waals surface area contributed by atoms with E-state index in [4.69, 9.17) is 0 Å². The lowest BCUT2D eigenvalue weighted by atomic mass is 9.99. The molecule has 0 atom stereocenters. The first-order valence-corrected chi connectivity index (χ1v) is 5.27. The molecule has 0 unspecified atom stereocenters. The minimum Gasteiger partial charge on any atom is -0.293 e. The Labute approximate surface area is 73.9 Å². The molecule has 0 aromatic rings. The average molecular weight is 192 g/mol. The highest BCUT2D eigenvalue weighted by Gasteiger charge is 2.55. The summed E-state index contributed by atoms with van der Waals surface area (Å²) in [4.78, 5) is 11.2. The van der Waals surface area contributed by atoms with E-state index in [1.54, 1.807) is 11.8 Å². The third-order valence-corrected chi connectivity index (χ3v) is 3.70. The van der Waals surface area contributed by atoms with Gasteiger partial charge in [-0.15, -0.1) is 0 Å². The number of ketones is 1. The van der Waals surface area contributed by atoms with Crippen LogP contribution < -0.4 is 0 Å². The van der Waals surface area contributed by atoms with Crippen molar-refractivity contribution in [2.45, 2.75) is 18.8 Å². The first kappa shape index (κ1) is 8.48. The van der Waals surface area contributed by atoms with E-state index in [1.807, 2.05) is 0 Å². The summed E-state index contributed by atoms with van der Waals surface area (Å²) >= 11 is 1.57. The van der Waals surface area contributed by atoms with Crippen LogP contribution in [0.2, 0.25) is 0 Å². The van der Waals surface area contributed by atoms with E-state index in [0.29, 0.717) is 24.3 Å². The van der Waals surface area contributed by atoms with Gasteiger partial charge in [0.1, 0.15) is 0 Å². The van der Waals surface area contributed by atoms with Gasteiger partial charge in [-0.25, -0.2) is 0 Å². The Morgan fingerprint density at radius 1 is 1.33 bits per heavy atom. The highest BCUT2D eigenvalue weighted by Crippen LogP contribution is 2.46. The van der Waals surface area contributed by atoms with Crippen LogP contribution in [-0.2, 0) is 4.79 Å². The molecule has 2 aliphatic rings. The number of thioether (sulfide) groups is 1. The second-order valence-corrected chi connectivity index (χ2v) is 4.57. The molecule has 2 fully saturated rings. The lowest BCUT2D eigenvalue weighted by molar-refractivity contribution is -0.149. The highest BCUT2D eigenvalue weighted by molar-refractivity contribution is 8.00. The van der Waals surface area contributed by atoms with Crippen molar-refractivity contribution in [3.63, 3.8) is 0 Å². The van der Waals surface area contributed by atoms with Crippen LogP contribution in [-0.4, -0.2) is 23.2 Å². The molecule has 1 saturated carbocycles. The van der Waals surface area contributed by atoms with Crippen molar-refractivity contribution >= 4 is 17.5 Å². The van der Waals surface area contributed by atoms with Crippen molar-refractivity contribution in [3.8, 4) is 0 Å². The zero-order chi connectivity index (χ0) is 8.77. The summed E-state index contributed by atoms with van der Waals surface area (Å²) in [6.45, 7) is 0. The van der Waals surface area contributed by atoms with Crippen LogP contribution in [0.1, 0.15) is 12.8 Å². The Bertz CT molecular complexity index is 209. The molecule has 0 aromatic carbocycles. The van der Waals surface area contributed by atoms with Crippen LogP contribution in [0.4, 0.5) is 8.78 Å². The predicted octanol–water partition coefficient (Wildman–Crippen LogP) is 1.96. The van der Waals surface area contributed by atoms with E-state index < -0.39 is 17.6 Å². The number of rotatable bonds is 3. The minimum absolute atomic E-state index is 0.356. The molecule has 0 spiro atoms. The van der Waals surface area contributed by atoms with E-state index >= 15 is 0 Å². The largest absolute Gasteiger partial charge is 0.308 e. The molecule has 0 N–H and O–H groups in total. The van der Waals surface area contributed by atoms with Gasteiger partial charge in [0.05, 0.1) is 0 Å². The van der Waals surface area contributed by atoms with Gasteiger partial charge in [0.2, 0.25) is 5.78 Å². The maximum atomic E-state index is 13.1. The molecule has 68 valence electrons. The monoisotopic (exact) mass is 192 g/mol. The molecule has 0 bridgehead atoms. The first-order valence-electron chi connectivity index (χ1n) is 4.12. The molecular formula is C8H10F2OS. The summed E-state index contributed by atoms with van der Waals surface area (Å²) in [5, 5.41) is 0. The summed E-state index contributed by atoms with van der Waals surface area (Å²) < 4.78 is 26.2. The van der Waals surface area contributed by atoms with E-state index in [9.17, 15) is 13.6 Å². The van der Waals surface area contributed by atoms with Gasteiger partial charge in [-0.2, -0.15) is 20.5 Å². The van der Waals surface area contributed by atoms with Crippen molar-refractivity contribution < 1.29 is 13.6 Å². The SMILES string of the molecule is O=C(C1CSC1)C(F)(F)C1CC1. The fourth-order valence-corrected chi connectivity index (χ4v) is 2.08. The summed E-state index contributed by atoms with van der Waals surface area (Å²) in [6.07, 6.45) is 1.05. The van der Waals surface area contributed by atoms with Crippen LogP contribution in [0, 0.1) is 11.8 Å². The third kappa shape index (κ3) is 1.26. The zero-order valence-corrected chi connectivity index (χ0v) is 7.37. The molecule has 0 amide bonds. The first-order chi connectivity index (χ1) is 5.62. The molecular weight excluding hydrogens is 182 g/mol. The fraction of sp³-hybridized carbons (Fsp3) is 0.875. The van der Waals surface area contributed by atoms with Crippen LogP contribution in [0.15, 0.2) is 0 Å². The van der Waals surface area contributed by atoms with Gasteiger partial charge in [0.25, 0.3) is 0 Å². The summed E-state index contributed by atoms with van der Waals surface area (Å²) in [5.74, 6) is -3.60. The third-order valence-electron chi connectivity index (χ3n) is 2.43. The zero-order valence-electron chi connectivity index (χ0n) is 6.56. The Balaban J connectivity index is 2.00. The molecule has 4 heteroatoms. The molecule has 1 aliphatic heterocycles. The van der Waals surface area contributed by atoms with Gasteiger partial charge in [-0.05, 0) is 12.8 Å². The van der Waals surface area contributed by atoms with Gasteiger partial charge in [0, 0.05) is 23.3 Å². The number of alkyl halides is 2. The summed E-state index contributed by atoms with van der Waals surface area (Å²) in [5.41, 5.74) is 0. The number of halogens is 2. The summed E-state index contributed by atoms with van der Waals surface area (Å²) in [6, 6.07) is 0. The Kier molecular flexibility index (Phi) is 1.90. The van der Waals surface area contributed by atoms with Crippen molar-refractivity contribution in [2.75, 3.05) is 11.5 Å². The second kappa shape index (κ2) is 2.69. The van der Waals surface area contributed by atoms with Crippen LogP contribution in [0.3, 0.4) is 0 Å². The molecule has 2 rings (SSSR count). The van der Waals surface area contributed by atoms with Gasteiger partial charge < -0.3 is 0 Å². The lowest BCUT2D eigenvalue weighted by Crippen LogP contribution is -2.41. The molecule has 1 saturated heterocycles. The van der Waals surface area contributed by atoms with E-state index in [-0.39, 0.29) is 5.92 Å². The Morgan fingerprint density at radius 3 is 2.25 bits per heavy atom. The topological polar surface area (TPSA) is 17.1 Å². The van der Waals surface area contributed by atoms with Crippen LogP contribution in [0.25, 0.3) is 0 Å². The molecule has 0 radical (unpaired) electrons. The quantitative estimate of drug-likeness (QED) is 0.680. The molecule has 1 nitrogen and oxygen atoms in total. The maximum Gasteiger partial charge on any atom is 0.308 e. The van der Waals surface area contributed by atoms with Crippen LogP contribution in [0.5, 0.6) is 0 Å². The van der Waals surface area contributed by atoms with Crippen molar-refractivity contribution in [2.24, 2.45) is 11.8 Å². The van der Waals surface area contributed by atoms with E-state index in [2.05, 4.69) is 0 Å². The predicted molar refractivity (Wildman–Crippen MR) is 43.5 cm³/mol. The van der Waals surface area contributed by atoms with Gasteiger partial charge in [-0.3, -0.25) is 4.79 Å². The van der Waals surface area contributed by atoms with E-state index in [1.165, 1.54) is 0 Å². The Hall–Kier alpha value is -0.120. The van der Waals surface area contributed by atoms with Crippen molar-refractivity contribution in [1.29, 1.82) is 0 Å². The molecule has 12 heavy (non-hydrogen) atoms. The van der Waals surface area contributed by atoms with Gasteiger partial charge >= 0.3 is 5.92 Å². The van der Waals surface area contributed by atoms with Crippen molar-refractivity contribution in [3.05, 3.63) is 0 Å². The number of carbonyl (C=O) groups excluding carboxylic acids is 1. The number of hydrogen-bond acceptors (Lipinski definition) is 2. The fourth-order valence-electron chi connectivity index (χ4n) is 1.31. The smallest absolute Gasteiger partial charge is 0.293 e. The number of carbonyl (C=O) groups is 1.